The molecule has 0 heterocycles. The fourth-order valence-electron chi connectivity index (χ4n) is 2.60. The lowest BCUT2D eigenvalue weighted by molar-refractivity contribution is 0.0951. The largest absolute Gasteiger partial charge is 0.493 e. The molecule has 0 aliphatic rings. The number of benzene rings is 2. The highest BCUT2D eigenvalue weighted by Gasteiger charge is 2.10. The van der Waals surface area contributed by atoms with Crippen LogP contribution in [-0.2, 0) is 6.54 Å². The van der Waals surface area contributed by atoms with Crippen LogP contribution in [0.15, 0.2) is 48.5 Å². The normalized spacial score (nSPS) is 10.6. The van der Waals surface area contributed by atoms with Crippen molar-refractivity contribution in [2.45, 2.75) is 13.0 Å². The standard InChI is InChI=1S/C20H26N2O3/c1-22(15-16-8-5-4-6-9-16)13-7-12-21-20(23)17-10-11-18(24-2)19(14-17)25-3/h4-6,8-11,14H,7,12-13,15H2,1-3H3,(H,21,23). The Kier molecular flexibility index (Phi) is 7.29. The molecule has 0 spiro atoms. The van der Waals surface area contributed by atoms with E-state index in [2.05, 4.69) is 29.4 Å². The van der Waals surface area contributed by atoms with Crippen LogP contribution in [0.1, 0.15) is 22.3 Å². The zero-order chi connectivity index (χ0) is 18.1. The van der Waals surface area contributed by atoms with Gasteiger partial charge in [0.15, 0.2) is 11.5 Å². The van der Waals surface area contributed by atoms with Crippen molar-refractivity contribution in [1.82, 2.24) is 10.2 Å². The van der Waals surface area contributed by atoms with Crippen molar-refractivity contribution in [2.75, 3.05) is 34.4 Å². The molecule has 1 amide bonds. The zero-order valence-corrected chi connectivity index (χ0v) is 15.1. The minimum absolute atomic E-state index is 0.105. The van der Waals surface area contributed by atoms with Crippen LogP contribution >= 0.6 is 0 Å². The van der Waals surface area contributed by atoms with Gasteiger partial charge in [-0.2, -0.15) is 0 Å². The number of ether oxygens (including phenoxy) is 2. The van der Waals surface area contributed by atoms with E-state index in [1.165, 1.54) is 5.56 Å². The first-order valence-corrected chi connectivity index (χ1v) is 8.36. The molecule has 2 rings (SSSR count). The molecule has 0 aromatic heterocycles. The van der Waals surface area contributed by atoms with Gasteiger partial charge in [0.25, 0.3) is 5.91 Å². The lowest BCUT2D eigenvalue weighted by Crippen LogP contribution is -2.28. The molecule has 0 aliphatic heterocycles. The van der Waals surface area contributed by atoms with E-state index < -0.39 is 0 Å². The zero-order valence-electron chi connectivity index (χ0n) is 15.1. The summed E-state index contributed by atoms with van der Waals surface area (Å²) in [6, 6.07) is 15.5. The van der Waals surface area contributed by atoms with Crippen LogP contribution in [0.25, 0.3) is 0 Å². The van der Waals surface area contributed by atoms with Gasteiger partial charge in [-0.15, -0.1) is 0 Å². The maximum Gasteiger partial charge on any atom is 0.251 e. The van der Waals surface area contributed by atoms with Gasteiger partial charge in [0, 0.05) is 18.7 Å². The summed E-state index contributed by atoms with van der Waals surface area (Å²) in [7, 11) is 5.22. The van der Waals surface area contributed by atoms with Crippen molar-refractivity contribution in [2.24, 2.45) is 0 Å². The summed E-state index contributed by atoms with van der Waals surface area (Å²) in [5.74, 6) is 1.06. The molecule has 5 heteroatoms. The van der Waals surface area contributed by atoms with Gasteiger partial charge in [-0.1, -0.05) is 30.3 Å². The highest BCUT2D eigenvalue weighted by molar-refractivity contribution is 5.94. The first kappa shape index (κ1) is 18.8. The van der Waals surface area contributed by atoms with E-state index in [0.717, 1.165) is 19.5 Å². The number of nitrogens with one attached hydrogen (secondary N) is 1. The number of amides is 1. The molecular formula is C20H26N2O3. The van der Waals surface area contributed by atoms with Gasteiger partial charge < -0.3 is 19.7 Å². The summed E-state index contributed by atoms with van der Waals surface area (Å²) in [4.78, 5) is 14.5. The fourth-order valence-corrected chi connectivity index (χ4v) is 2.60. The summed E-state index contributed by atoms with van der Waals surface area (Å²) >= 11 is 0. The second-order valence-electron chi connectivity index (χ2n) is 5.90. The van der Waals surface area contributed by atoms with Crippen LogP contribution in [0, 0.1) is 0 Å². The predicted molar refractivity (Wildman–Crippen MR) is 99.3 cm³/mol. The molecule has 0 saturated heterocycles. The lowest BCUT2D eigenvalue weighted by atomic mass is 10.2. The van der Waals surface area contributed by atoms with Crippen LogP contribution in [0.5, 0.6) is 11.5 Å². The molecule has 0 saturated carbocycles. The molecule has 0 radical (unpaired) electrons. The minimum atomic E-state index is -0.105. The number of methoxy groups -OCH3 is 2. The number of rotatable bonds is 9. The second kappa shape index (κ2) is 9.69. The van der Waals surface area contributed by atoms with Gasteiger partial charge in [0.05, 0.1) is 14.2 Å². The Bertz CT molecular complexity index is 674. The van der Waals surface area contributed by atoms with Gasteiger partial charge in [-0.05, 0) is 43.8 Å². The number of hydrogen-bond acceptors (Lipinski definition) is 4. The van der Waals surface area contributed by atoms with Gasteiger partial charge in [-0.3, -0.25) is 4.79 Å². The summed E-state index contributed by atoms with van der Waals surface area (Å²) in [5, 5.41) is 2.94. The third kappa shape index (κ3) is 5.80. The van der Waals surface area contributed by atoms with E-state index in [4.69, 9.17) is 9.47 Å². The second-order valence-corrected chi connectivity index (χ2v) is 5.90. The minimum Gasteiger partial charge on any atom is -0.493 e. The Morgan fingerprint density at radius 3 is 2.44 bits per heavy atom. The molecule has 2 aromatic rings. The van der Waals surface area contributed by atoms with Crippen LogP contribution in [0.4, 0.5) is 0 Å². The van der Waals surface area contributed by atoms with Crippen molar-refractivity contribution < 1.29 is 14.3 Å². The van der Waals surface area contributed by atoms with Crippen LogP contribution < -0.4 is 14.8 Å². The summed E-state index contributed by atoms with van der Waals surface area (Å²) in [5.41, 5.74) is 1.86. The van der Waals surface area contributed by atoms with Gasteiger partial charge in [0.2, 0.25) is 0 Å². The first-order chi connectivity index (χ1) is 12.1. The van der Waals surface area contributed by atoms with Crippen molar-refractivity contribution in [3.8, 4) is 11.5 Å². The van der Waals surface area contributed by atoms with Gasteiger partial charge in [0.1, 0.15) is 0 Å². The summed E-state index contributed by atoms with van der Waals surface area (Å²) in [6.45, 7) is 2.46. The smallest absolute Gasteiger partial charge is 0.251 e. The molecule has 1 N–H and O–H groups in total. The quantitative estimate of drug-likeness (QED) is 0.712. The van der Waals surface area contributed by atoms with E-state index in [1.54, 1.807) is 32.4 Å². The molecule has 134 valence electrons. The highest BCUT2D eigenvalue weighted by Crippen LogP contribution is 2.27. The van der Waals surface area contributed by atoms with E-state index >= 15 is 0 Å². The Morgan fingerprint density at radius 2 is 1.76 bits per heavy atom. The molecule has 0 aliphatic carbocycles. The molecule has 0 atom stereocenters. The van der Waals surface area contributed by atoms with Crippen LogP contribution in [0.2, 0.25) is 0 Å². The van der Waals surface area contributed by atoms with Crippen molar-refractivity contribution in [3.63, 3.8) is 0 Å². The molecule has 0 unspecified atom stereocenters. The topological polar surface area (TPSA) is 50.8 Å². The van der Waals surface area contributed by atoms with Gasteiger partial charge >= 0.3 is 0 Å². The van der Waals surface area contributed by atoms with Crippen LogP contribution in [0.3, 0.4) is 0 Å². The monoisotopic (exact) mass is 342 g/mol. The third-order valence-electron chi connectivity index (χ3n) is 3.94. The molecule has 0 fully saturated rings. The number of carbonyl (C=O) groups excluding carboxylic acids is 1. The third-order valence-corrected chi connectivity index (χ3v) is 3.94. The average molecular weight is 342 g/mol. The average Bonchev–Trinajstić information content (AvgIpc) is 2.65. The Labute approximate surface area is 149 Å². The fraction of sp³-hybridized carbons (Fsp3) is 0.350. The Balaban J connectivity index is 1.75. The first-order valence-electron chi connectivity index (χ1n) is 8.36. The number of nitrogens with zero attached hydrogens (tertiary/aromatic N) is 1. The van der Waals surface area contributed by atoms with Crippen molar-refractivity contribution in [1.29, 1.82) is 0 Å². The van der Waals surface area contributed by atoms with E-state index in [9.17, 15) is 4.79 Å². The molecule has 2 aromatic carbocycles. The molecule has 0 bridgehead atoms. The number of carbonyl (C=O) groups is 1. The van der Waals surface area contributed by atoms with Crippen molar-refractivity contribution in [3.05, 3.63) is 59.7 Å². The molecular weight excluding hydrogens is 316 g/mol. The predicted octanol–water partition coefficient (Wildman–Crippen LogP) is 2.96. The number of hydrogen-bond donors (Lipinski definition) is 1. The van der Waals surface area contributed by atoms with E-state index in [-0.39, 0.29) is 5.91 Å². The Hall–Kier alpha value is -2.53. The molecule has 5 nitrogen and oxygen atoms in total. The highest BCUT2D eigenvalue weighted by atomic mass is 16.5. The molecule has 25 heavy (non-hydrogen) atoms. The summed E-state index contributed by atoms with van der Waals surface area (Å²) in [6.07, 6.45) is 0.891. The lowest BCUT2D eigenvalue weighted by Gasteiger charge is -2.16. The van der Waals surface area contributed by atoms with E-state index in [0.29, 0.717) is 23.6 Å². The van der Waals surface area contributed by atoms with Gasteiger partial charge in [-0.25, -0.2) is 0 Å². The van der Waals surface area contributed by atoms with Crippen molar-refractivity contribution >= 4 is 5.91 Å². The van der Waals surface area contributed by atoms with E-state index in [1.807, 2.05) is 18.2 Å². The van der Waals surface area contributed by atoms with Crippen LogP contribution in [-0.4, -0.2) is 45.2 Å². The Morgan fingerprint density at radius 1 is 1.04 bits per heavy atom. The maximum absolute atomic E-state index is 12.2. The SMILES string of the molecule is COc1ccc(C(=O)NCCCN(C)Cc2ccccc2)cc1OC. The summed E-state index contributed by atoms with van der Waals surface area (Å²) < 4.78 is 10.4. The maximum atomic E-state index is 12.2.